The third kappa shape index (κ3) is 2.18. The van der Waals surface area contributed by atoms with Crippen LogP contribution in [0.2, 0.25) is 0 Å². The average Bonchev–Trinajstić information content (AvgIpc) is 2.36. The summed E-state index contributed by atoms with van der Waals surface area (Å²) in [7, 11) is 0. The average molecular weight is 215 g/mol. The van der Waals surface area contributed by atoms with Crippen LogP contribution in [-0.2, 0) is 9.59 Å². The Hall–Kier alpha value is -0.940. The molecule has 15 heavy (non-hydrogen) atoms. The number of β-amino-alcohol motifs (C(OH)–C–C–N with tert-alkyl or cyclic N) is 1. The second-order valence-electron chi connectivity index (χ2n) is 4.50. The van der Waals surface area contributed by atoms with Crippen molar-refractivity contribution in [1.82, 2.24) is 4.90 Å². The van der Waals surface area contributed by atoms with Crippen molar-refractivity contribution in [3.8, 4) is 0 Å². The summed E-state index contributed by atoms with van der Waals surface area (Å²) < 4.78 is 0. The fraction of sp³-hybridized carbons (Fsp3) is 0.800. The lowest BCUT2D eigenvalue weighted by molar-refractivity contribution is -0.144. The lowest BCUT2D eigenvalue weighted by Gasteiger charge is -2.25. The predicted molar refractivity (Wildman–Crippen MR) is 52.8 cm³/mol. The standard InChI is InChI=1S/C10H17NO4/c1-6-7(2)9(14)11(8(6)13)4-10(3,15)5-12/h6-7,12,15H,4-5H2,1-3H3. The van der Waals surface area contributed by atoms with Crippen molar-refractivity contribution in [2.24, 2.45) is 11.8 Å². The Balaban J connectivity index is 2.80. The fourth-order valence-corrected chi connectivity index (χ4v) is 1.57. The van der Waals surface area contributed by atoms with E-state index in [0.29, 0.717) is 0 Å². The van der Waals surface area contributed by atoms with E-state index in [2.05, 4.69) is 0 Å². The molecule has 0 aromatic heterocycles. The van der Waals surface area contributed by atoms with Crippen molar-refractivity contribution in [2.45, 2.75) is 26.4 Å². The van der Waals surface area contributed by atoms with Gasteiger partial charge in [0.25, 0.3) is 0 Å². The van der Waals surface area contributed by atoms with Gasteiger partial charge in [-0.3, -0.25) is 14.5 Å². The van der Waals surface area contributed by atoms with Crippen molar-refractivity contribution in [1.29, 1.82) is 0 Å². The molecule has 0 radical (unpaired) electrons. The van der Waals surface area contributed by atoms with Gasteiger partial charge in [0.05, 0.1) is 13.2 Å². The molecule has 86 valence electrons. The molecular weight excluding hydrogens is 198 g/mol. The SMILES string of the molecule is CC1C(=O)N(CC(C)(O)CO)C(=O)C1C. The first-order chi connectivity index (χ1) is 6.80. The Labute approximate surface area is 88.7 Å². The highest BCUT2D eigenvalue weighted by Gasteiger charge is 2.44. The fourth-order valence-electron chi connectivity index (χ4n) is 1.57. The summed E-state index contributed by atoms with van der Waals surface area (Å²) in [6, 6.07) is 0. The van der Waals surface area contributed by atoms with Crippen LogP contribution in [0.1, 0.15) is 20.8 Å². The minimum absolute atomic E-state index is 0.143. The first kappa shape index (κ1) is 12.1. The van der Waals surface area contributed by atoms with E-state index in [-0.39, 0.29) is 30.2 Å². The van der Waals surface area contributed by atoms with Crippen molar-refractivity contribution < 1.29 is 19.8 Å². The predicted octanol–water partition coefficient (Wildman–Crippen LogP) is -0.629. The Bertz CT molecular complexity index is 267. The Kier molecular flexibility index (Phi) is 3.16. The van der Waals surface area contributed by atoms with Crippen LogP contribution in [0.15, 0.2) is 0 Å². The number of rotatable bonds is 3. The number of aliphatic hydroxyl groups is 2. The van der Waals surface area contributed by atoms with Crippen LogP contribution in [-0.4, -0.2) is 45.7 Å². The van der Waals surface area contributed by atoms with Crippen molar-refractivity contribution in [3.05, 3.63) is 0 Å². The van der Waals surface area contributed by atoms with E-state index in [1.165, 1.54) is 6.92 Å². The topological polar surface area (TPSA) is 77.8 Å². The van der Waals surface area contributed by atoms with Gasteiger partial charge in [-0.1, -0.05) is 13.8 Å². The molecule has 0 aromatic rings. The highest BCUT2D eigenvalue weighted by Crippen LogP contribution is 2.26. The van der Waals surface area contributed by atoms with E-state index in [1.54, 1.807) is 13.8 Å². The molecule has 5 nitrogen and oxygen atoms in total. The molecule has 0 bridgehead atoms. The number of hydrogen-bond donors (Lipinski definition) is 2. The number of amides is 2. The number of imide groups is 1. The summed E-state index contributed by atoms with van der Waals surface area (Å²) in [4.78, 5) is 24.3. The highest BCUT2D eigenvalue weighted by atomic mass is 16.3. The maximum absolute atomic E-state index is 11.6. The van der Waals surface area contributed by atoms with Gasteiger partial charge >= 0.3 is 0 Å². The van der Waals surface area contributed by atoms with Crippen LogP contribution >= 0.6 is 0 Å². The second-order valence-corrected chi connectivity index (χ2v) is 4.50. The molecule has 0 saturated carbocycles. The van der Waals surface area contributed by atoms with E-state index in [4.69, 9.17) is 5.11 Å². The summed E-state index contributed by atoms with van der Waals surface area (Å²) in [6.07, 6.45) is 0. The normalized spacial score (nSPS) is 30.9. The molecule has 1 aliphatic heterocycles. The maximum Gasteiger partial charge on any atom is 0.232 e. The molecule has 1 rings (SSSR count). The van der Waals surface area contributed by atoms with Gasteiger partial charge in [-0.15, -0.1) is 0 Å². The van der Waals surface area contributed by atoms with Gasteiger partial charge in [-0.2, -0.15) is 0 Å². The number of carbonyl (C=O) groups excluding carboxylic acids is 2. The molecule has 1 aliphatic rings. The van der Waals surface area contributed by atoms with Crippen molar-refractivity contribution in [3.63, 3.8) is 0 Å². The maximum atomic E-state index is 11.6. The zero-order valence-corrected chi connectivity index (χ0v) is 9.23. The quantitative estimate of drug-likeness (QED) is 0.614. The number of carbonyl (C=O) groups is 2. The van der Waals surface area contributed by atoms with E-state index in [0.717, 1.165) is 4.90 Å². The lowest BCUT2D eigenvalue weighted by Crippen LogP contribution is -2.46. The van der Waals surface area contributed by atoms with E-state index in [9.17, 15) is 14.7 Å². The molecule has 5 heteroatoms. The first-order valence-electron chi connectivity index (χ1n) is 4.98. The number of hydrogen-bond acceptors (Lipinski definition) is 4. The number of likely N-dealkylation sites (tertiary alicyclic amines) is 1. The summed E-state index contributed by atoms with van der Waals surface area (Å²) in [5.41, 5.74) is -1.42. The molecule has 1 saturated heterocycles. The molecule has 1 heterocycles. The van der Waals surface area contributed by atoms with Gasteiger partial charge in [0.2, 0.25) is 11.8 Å². The number of nitrogens with zero attached hydrogens (tertiary/aromatic N) is 1. The molecule has 0 aromatic carbocycles. The van der Waals surface area contributed by atoms with Crippen molar-refractivity contribution >= 4 is 11.8 Å². The first-order valence-corrected chi connectivity index (χ1v) is 4.98. The van der Waals surface area contributed by atoms with Gasteiger partial charge in [-0.25, -0.2) is 0 Å². The van der Waals surface area contributed by atoms with Crippen LogP contribution in [0, 0.1) is 11.8 Å². The second kappa shape index (κ2) is 3.90. The smallest absolute Gasteiger partial charge is 0.232 e. The van der Waals surface area contributed by atoms with E-state index >= 15 is 0 Å². The van der Waals surface area contributed by atoms with E-state index in [1.807, 2.05) is 0 Å². The van der Waals surface area contributed by atoms with Crippen LogP contribution in [0.5, 0.6) is 0 Å². The molecule has 2 N–H and O–H groups in total. The Morgan fingerprint density at radius 3 is 2.00 bits per heavy atom. The molecular formula is C10H17NO4. The molecule has 1 fully saturated rings. The number of aliphatic hydroxyl groups excluding tert-OH is 1. The third-order valence-electron chi connectivity index (χ3n) is 2.90. The highest BCUT2D eigenvalue weighted by molar-refractivity contribution is 6.04. The summed E-state index contributed by atoms with van der Waals surface area (Å²) in [5.74, 6) is -1.23. The van der Waals surface area contributed by atoms with Crippen molar-refractivity contribution in [2.75, 3.05) is 13.2 Å². The lowest BCUT2D eigenvalue weighted by atomic mass is 10.00. The van der Waals surface area contributed by atoms with Gasteiger partial charge in [0.1, 0.15) is 5.60 Å². The zero-order chi connectivity index (χ0) is 11.8. The summed E-state index contributed by atoms with van der Waals surface area (Å²) in [6.45, 7) is 4.15. The van der Waals surface area contributed by atoms with Gasteiger partial charge in [0.15, 0.2) is 0 Å². The minimum Gasteiger partial charge on any atom is -0.393 e. The monoisotopic (exact) mass is 215 g/mol. The van der Waals surface area contributed by atoms with Crippen LogP contribution < -0.4 is 0 Å². The largest absolute Gasteiger partial charge is 0.393 e. The third-order valence-corrected chi connectivity index (χ3v) is 2.90. The van der Waals surface area contributed by atoms with Gasteiger partial charge in [-0.05, 0) is 6.92 Å². The molecule has 3 unspecified atom stereocenters. The molecule has 2 amide bonds. The van der Waals surface area contributed by atoms with Crippen LogP contribution in [0.4, 0.5) is 0 Å². The minimum atomic E-state index is -1.42. The Morgan fingerprint density at radius 2 is 1.67 bits per heavy atom. The van der Waals surface area contributed by atoms with Crippen LogP contribution in [0.25, 0.3) is 0 Å². The van der Waals surface area contributed by atoms with Gasteiger partial charge in [0, 0.05) is 11.8 Å². The summed E-state index contributed by atoms with van der Waals surface area (Å²) >= 11 is 0. The Morgan fingerprint density at radius 1 is 1.27 bits per heavy atom. The van der Waals surface area contributed by atoms with E-state index < -0.39 is 12.2 Å². The van der Waals surface area contributed by atoms with Crippen LogP contribution in [0.3, 0.4) is 0 Å². The molecule has 3 atom stereocenters. The molecule has 0 aliphatic carbocycles. The molecule has 0 spiro atoms. The summed E-state index contributed by atoms with van der Waals surface area (Å²) in [5, 5.41) is 18.5. The van der Waals surface area contributed by atoms with Gasteiger partial charge < -0.3 is 10.2 Å². The zero-order valence-electron chi connectivity index (χ0n) is 9.23.